The van der Waals surface area contributed by atoms with E-state index in [0.717, 1.165) is 31.2 Å². The van der Waals surface area contributed by atoms with Crippen LogP contribution in [0.5, 0.6) is 0 Å². The molecule has 1 aromatic rings. The Morgan fingerprint density at radius 2 is 2.00 bits per heavy atom. The maximum Gasteiger partial charge on any atom is 0.118 e. The van der Waals surface area contributed by atoms with Gasteiger partial charge in [0.1, 0.15) is 11.5 Å². The monoisotopic (exact) mass is 306 g/mol. The minimum atomic E-state index is 0.503. The first-order valence-electron chi connectivity index (χ1n) is 8.60. The molecule has 124 valence electrons. The van der Waals surface area contributed by atoms with Crippen molar-refractivity contribution < 1.29 is 9.15 Å². The number of piperidine rings is 1. The summed E-state index contributed by atoms with van der Waals surface area (Å²) in [6, 6.07) is 2.20. The van der Waals surface area contributed by atoms with Gasteiger partial charge in [-0.1, -0.05) is 0 Å². The molecule has 2 fully saturated rings. The Morgan fingerprint density at radius 3 is 2.73 bits per heavy atom. The largest absolute Gasteiger partial charge is 0.465 e. The van der Waals surface area contributed by atoms with E-state index in [1.165, 1.54) is 51.0 Å². The molecule has 2 aliphatic rings. The SMILES string of the molecule is COCCN1CCC[C@@]2(CCN(Cc3cc(C)c(C)o3)C2)C1. The molecule has 1 atom stereocenters. The van der Waals surface area contributed by atoms with Crippen LogP contribution in [0, 0.1) is 19.3 Å². The van der Waals surface area contributed by atoms with E-state index in [4.69, 9.17) is 9.15 Å². The van der Waals surface area contributed by atoms with E-state index in [0.29, 0.717) is 5.41 Å². The molecule has 3 heterocycles. The first kappa shape index (κ1) is 16.0. The second kappa shape index (κ2) is 6.73. The van der Waals surface area contributed by atoms with Crippen molar-refractivity contribution in [1.29, 1.82) is 0 Å². The molecule has 0 bridgehead atoms. The van der Waals surface area contributed by atoms with Gasteiger partial charge in [0.05, 0.1) is 13.2 Å². The summed E-state index contributed by atoms with van der Waals surface area (Å²) in [4.78, 5) is 5.18. The van der Waals surface area contributed by atoms with Gasteiger partial charge in [-0.25, -0.2) is 0 Å². The number of hydrogen-bond donors (Lipinski definition) is 0. The predicted octanol–water partition coefficient (Wildman–Crippen LogP) is 2.83. The van der Waals surface area contributed by atoms with E-state index < -0.39 is 0 Å². The predicted molar refractivity (Wildman–Crippen MR) is 88.1 cm³/mol. The summed E-state index contributed by atoms with van der Waals surface area (Å²) in [5.41, 5.74) is 1.77. The molecule has 2 saturated heterocycles. The summed E-state index contributed by atoms with van der Waals surface area (Å²) in [5.74, 6) is 2.19. The zero-order chi connectivity index (χ0) is 15.6. The maximum absolute atomic E-state index is 5.86. The third kappa shape index (κ3) is 3.55. The Bertz CT molecular complexity index is 480. The molecule has 0 N–H and O–H groups in total. The van der Waals surface area contributed by atoms with Crippen molar-refractivity contribution in [2.24, 2.45) is 5.41 Å². The van der Waals surface area contributed by atoms with Crippen LogP contribution in [0.15, 0.2) is 10.5 Å². The number of hydrogen-bond acceptors (Lipinski definition) is 4. The van der Waals surface area contributed by atoms with E-state index >= 15 is 0 Å². The third-order valence-corrected chi connectivity index (χ3v) is 5.47. The van der Waals surface area contributed by atoms with E-state index in [2.05, 4.69) is 29.7 Å². The zero-order valence-corrected chi connectivity index (χ0v) is 14.4. The minimum absolute atomic E-state index is 0.503. The van der Waals surface area contributed by atoms with Crippen LogP contribution < -0.4 is 0 Å². The van der Waals surface area contributed by atoms with Crippen molar-refractivity contribution >= 4 is 0 Å². The summed E-state index contributed by atoms with van der Waals surface area (Å²) >= 11 is 0. The highest BCUT2D eigenvalue weighted by Gasteiger charge is 2.41. The summed E-state index contributed by atoms with van der Waals surface area (Å²) in [5, 5.41) is 0. The minimum Gasteiger partial charge on any atom is -0.465 e. The second-order valence-electron chi connectivity index (χ2n) is 7.29. The molecule has 0 unspecified atom stereocenters. The average molecular weight is 306 g/mol. The fraction of sp³-hybridized carbons (Fsp3) is 0.778. The molecule has 0 radical (unpaired) electrons. The van der Waals surface area contributed by atoms with Crippen molar-refractivity contribution in [2.45, 2.75) is 39.7 Å². The fourth-order valence-corrected chi connectivity index (χ4v) is 4.17. The number of nitrogens with zero attached hydrogens (tertiary/aromatic N) is 2. The second-order valence-corrected chi connectivity index (χ2v) is 7.29. The molecule has 0 saturated carbocycles. The van der Waals surface area contributed by atoms with E-state index in [9.17, 15) is 0 Å². The van der Waals surface area contributed by atoms with Gasteiger partial charge in [-0.2, -0.15) is 0 Å². The molecule has 0 aromatic carbocycles. The van der Waals surface area contributed by atoms with Crippen molar-refractivity contribution in [3.05, 3.63) is 23.2 Å². The highest BCUT2D eigenvalue weighted by Crippen LogP contribution is 2.39. The Labute approximate surface area is 134 Å². The number of furan rings is 1. The summed E-state index contributed by atoms with van der Waals surface area (Å²) in [6.45, 7) is 12.0. The van der Waals surface area contributed by atoms with Crippen LogP contribution in [0.4, 0.5) is 0 Å². The van der Waals surface area contributed by atoms with Crippen LogP contribution >= 0.6 is 0 Å². The summed E-state index contributed by atoms with van der Waals surface area (Å²) < 4.78 is 11.1. The Hall–Kier alpha value is -0.840. The Balaban J connectivity index is 1.56. The van der Waals surface area contributed by atoms with Gasteiger partial charge in [-0.05, 0) is 63.2 Å². The van der Waals surface area contributed by atoms with Crippen LogP contribution in [0.25, 0.3) is 0 Å². The lowest BCUT2D eigenvalue weighted by Crippen LogP contribution is -2.45. The van der Waals surface area contributed by atoms with Gasteiger partial charge in [0.2, 0.25) is 0 Å². The molecule has 1 spiro atoms. The molecule has 0 aliphatic carbocycles. The first-order valence-corrected chi connectivity index (χ1v) is 8.60. The van der Waals surface area contributed by atoms with Gasteiger partial charge in [0.15, 0.2) is 0 Å². The maximum atomic E-state index is 5.86. The molecule has 2 aliphatic heterocycles. The van der Waals surface area contributed by atoms with Crippen LogP contribution in [0.3, 0.4) is 0 Å². The quantitative estimate of drug-likeness (QED) is 0.836. The topological polar surface area (TPSA) is 28.9 Å². The van der Waals surface area contributed by atoms with Gasteiger partial charge >= 0.3 is 0 Å². The number of ether oxygens (including phenoxy) is 1. The Kier molecular flexibility index (Phi) is 4.91. The molecular weight excluding hydrogens is 276 g/mol. The normalized spacial score (nSPS) is 27.0. The number of methoxy groups -OCH3 is 1. The average Bonchev–Trinajstić information content (AvgIpc) is 3.01. The van der Waals surface area contributed by atoms with Crippen LogP contribution in [0.2, 0.25) is 0 Å². The molecule has 4 nitrogen and oxygen atoms in total. The van der Waals surface area contributed by atoms with Crippen molar-refractivity contribution in [2.75, 3.05) is 46.4 Å². The zero-order valence-electron chi connectivity index (χ0n) is 14.4. The molecule has 22 heavy (non-hydrogen) atoms. The number of rotatable bonds is 5. The number of likely N-dealkylation sites (tertiary alicyclic amines) is 2. The van der Waals surface area contributed by atoms with Crippen molar-refractivity contribution in [1.82, 2.24) is 9.80 Å². The van der Waals surface area contributed by atoms with Crippen LogP contribution in [-0.4, -0.2) is 56.2 Å². The van der Waals surface area contributed by atoms with E-state index in [1.54, 1.807) is 7.11 Å². The fourth-order valence-electron chi connectivity index (χ4n) is 4.17. The summed E-state index contributed by atoms with van der Waals surface area (Å²) in [7, 11) is 1.80. The standard InChI is InChI=1S/C18H30N2O2/c1-15-11-17(22-16(15)2)12-20-8-6-18(14-20)5-4-7-19(13-18)9-10-21-3/h11H,4-10,12-14H2,1-3H3/t18-/m1/s1. The lowest BCUT2D eigenvalue weighted by molar-refractivity contribution is 0.0668. The highest BCUT2D eigenvalue weighted by atomic mass is 16.5. The lowest BCUT2D eigenvalue weighted by Gasteiger charge is -2.40. The molecule has 3 rings (SSSR count). The van der Waals surface area contributed by atoms with E-state index in [1.807, 2.05) is 0 Å². The van der Waals surface area contributed by atoms with Crippen LogP contribution in [-0.2, 0) is 11.3 Å². The lowest BCUT2D eigenvalue weighted by atomic mass is 9.79. The molecular formula is C18H30N2O2. The number of aryl methyl sites for hydroxylation is 2. The smallest absolute Gasteiger partial charge is 0.118 e. The highest BCUT2D eigenvalue weighted by molar-refractivity contribution is 5.18. The van der Waals surface area contributed by atoms with Crippen LogP contribution in [0.1, 0.15) is 36.3 Å². The molecule has 0 amide bonds. The van der Waals surface area contributed by atoms with Gasteiger partial charge in [0, 0.05) is 26.7 Å². The molecule has 4 heteroatoms. The van der Waals surface area contributed by atoms with Crippen molar-refractivity contribution in [3.8, 4) is 0 Å². The molecule has 1 aromatic heterocycles. The van der Waals surface area contributed by atoms with Gasteiger partial charge in [-0.15, -0.1) is 0 Å². The van der Waals surface area contributed by atoms with Gasteiger partial charge in [0.25, 0.3) is 0 Å². The Morgan fingerprint density at radius 1 is 1.18 bits per heavy atom. The van der Waals surface area contributed by atoms with Crippen molar-refractivity contribution in [3.63, 3.8) is 0 Å². The third-order valence-electron chi connectivity index (χ3n) is 5.47. The van der Waals surface area contributed by atoms with Gasteiger partial charge < -0.3 is 14.1 Å². The van der Waals surface area contributed by atoms with E-state index in [-0.39, 0.29) is 0 Å². The van der Waals surface area contributed by atoms with Gasteiger partial charge in [-0.3, -0.25) is 4.90 Å². The first-order chi connectivity index (χ1) is 10.6. The summed E-state index contributed by atoms with van der Waals surface area (Å²) in [6.07, 6.45) is 4.04.